The minimum atomic E-state index is -0.249. The maximum absolute atomic E-state index is 13.9. The zero-order chi connectivity index (χ0) is 17.1. The molecule has 24 heavy (non-hydrogen) atoms. The Labute approximate surface area is 142 Å². The van der Waals surface area contributed by atoms with Crippen molar-refractivity contribution in [3.63, 3.8) is 0 Å². The predicted molar refractivity (Wildman–Crippen MR) is 91.5 cm³/mol. The fourth-order valence-corrected chi connectivity index (χ4v) is 3.36. The van der Waals surface area contributed by atoms with Crippen LogP contribution >= 0.6 is 0 Å². The summed E-state index contributed by atoms with van der Waals surface area (Å²) in [6, 6.07) is 3.09. The van der Waals surface area contributed by atoms with Gasteiger partial charge in [-0.05, 0) is 46.0 Å². The summed E-state index contributed by atoms with van der Waals surface area (Å²) in [5, 5.41) is 8.84. The van der Waals surface area contributed by atoms with E-state index in [4.69, 9.17) is 0 Å². The molecule has 0 aliphatic carbocycles. The van der Waals surface area contributed by atoms with Gasteiger partial charge in [-0.3, -0.25) is 0 Å². The van der Waals surface area contributed by atoms with Crippen LogP contribution in [-0.4, -0.2) is 51.8 Å². The summed E-state index contributed by atoms with van der Waals surface area (Å²) < 4.78 is 16.1. The lowest BCUT2D eigenvalue weighted by atomic mass is 9.96. The van der Waals surface area contributed by atoms with Gasteiger partial charge in [0.05, 0.1) is 6.54 Å². The molecule has 130 valence electrons. The molecule has 0 radical (unpaired) electrons. The molecule has 0 spiro atoms. The van der Waals surface area contributed by atoms with E-state index in [2.05, 4.69) is 31.6 Å². The third-order valence-electron chi connectivity index (χ3n) is 4.53. The highest BCUT2D eigenvalue weighted by atomic mass is 19.1. The number of nitrogens with zero attached hydrogens (tertiary/aromatic N) is 6. The predicted octanol–water partition coefficient (Wildman–Crippen LogP) is 2.28. The van der Waals surface area contributed by atoms with Crippen molar-refractivity contribution in [2.75, 3.05) is 32.1 Å². The Bertz CT molecular complexity index is 675. The van der Waals surface area contributed by atoms with Gasteiger partial charge in [0.2, 0.25) is 0 Å². The van der Waals surface area contributed by atoms with Crippen LogP contribution in [0.2, 0.25) is 0 Å². The molecular weight excluding hydrogens is 307 g/mol. The van der Waals surface area contributed by atoms with Crippen LogP contribution in [0.1, 0.15) is 37.3 Å². The van der Waals surface area contributed by atoms with Crippen molar-refractivity contribution in [2.24, 2.45) is 0 Å². The zero-order valence-electron chi connectivity index (χ0n) is 14.6. The van der Waals surface area contributed by atoms with E-state index in [1.807, 2.05) is 19.0 Å². The van der Waals surface area contributed by atoms with E-state index in [1.165, 1.54) is 6.07 Å². The summed E-state index contributed by atoms with van der Waals surface area (Å²) in [5.74, 6) is 2.66. The maximum Gasteiger partial charge on any atom is 0.165 e. The highest BCUT2D eigenvalue weighted by molar-refractivity contribution is 5.40. The fourth-order valence-electron chi connectivity index (χ4n) is 3.36. The van der Waals surface area contributed by atoms with Gasteiger partial charge in [0.15, 0.2) is 11.6 Å². The molecule has 1 aliphatic rings. The second kappa shape index (κ2) is 7.25. The number of pyridine rings is 1. The largest absolute Gasteiger partial charge is 0.354 e. The molecule has 3 rings (SSSR count). The number of hydrogen-bond acceptors (Lipinski definition) is 5. The topological polar surface area (TPSA) is 50.1 Å². The normalized spacial score (nSPS) is 16.1. The average molecular weight is 332 g/mol. The molecule has 0 saturated carbocycles. The zero-order valence-corrected chi connectivity index (χ0v) is 14.6. The van der Waals surface area contributed by atoms with Crippen LogP contribution in [-0.2, 0) is 13.1 Å². The van der Waals surface area contributed by atoms with Crippen molar-refractivity contribution in [1.82, 2.24) is 24.6 Å². The first kappa shape index (κ1) is 16.8. The molecule has 6 nitrogen and oxygen atoms in total. The van der Waals surface area contributed by atoms with E-state index in [1.54, 1.807) is 12.3 Å². The summed E-state index contributed by atoms with van der Waals surface area (Å²) in [4.78, 5) is 8.31. The highest BCUT2D eigenvalue weighted by Gasteiger charge is 2.27. The molecule has 2 aromatic rings. The van der Waals surface area contributed by atoms with Crippen molar-refractivity contribution < 1.29 is 4.39 Å². The smallest absolute Gasteiger partial charge is 0.165 e. The second-order valence-electron chi connectivity index (χ2n) is 6.53. The molecule has 0 bridgehead atoms. The summed E-state index contributed by atoms with van der Waals surface area (Å²) in [5.41, 5.74) is 0. The van der Waals surface area contributed by atoms with E-state index >= 15 is 0 Å². The van der Waals surface area contributed by atoms with Crippen LogP contribution < -0.4 is 4.90 Å². The van der Waals surface area contributed by atoms with Crippen LogP contribution in [0.25, 0.3) is 0 Å². The van der Waals surface area contributed by atoms with Crippen LogP contribution in [0.15, 0.2) is 18.3 Å². The minimum Gasteiger partial charge on any atom is -0.354 e. The Kier molecular flexibility index (Phi) is 5.08. The quantitative estimate of drug-likeness (QED) is 0.841. The molecule has 1 saturated heterocycles. The standard InChI is InChI=1S/C17H25FN6/c1-4-24-15(12-22(2)3)20-21-16(24)13-7-10-23(11-8-13)17-14(18)6-5-9-19-17/h5-6,9,13H,4,7-8,10-12H2,1-3H3. The van der Waals surface area contributed by atoms with E-state index in [0.29, 0.717) is 11.7 Å². The van der Waals surface area contributed by atoms with Crippen LogP contribution in [0.5, 0.6) is 0 Å². The summed E-state index contributed by atoms with van der Waals surface area (Å²) >= 11 is 0. The molecule has 2 aromatic heterocycles. The molecule has 7 heteroatoms. The summed E-state index contributed by atoms with van der Waals surface area (Å²) in [7, 11) is 4.07. The Morgan fingerprint density at radius 1 is 1.25 bits per heavy atom. The second-order valence-corrected chi connectivity index (χ2v) is 6.53. The molecule has 0 atom stereocenters. The van der Waals surface area contributed by atoms with Gasteiger partial charge in [0.1, 0.15) is 11.6 Å². The first-order chi connectivity index (χ1) is 11.6. The Morgan fingerprint density at radius 3 is 2.62 bits per heavy atom. The molecule has 0 aromatic carbocycles. The summed E-state index contributed by atoms with van der Waals surface area (Å²) in [6.45, 7) is 5.38. The van der Waals surface area contributed by atoms with Gasteiger partial charge in [-0.1, -0.05) is 0 Å². The number of anilines is 1. The average Bonchev–Trinajstić information content (AvgIpc) is 2.97. The third-order valence-corrected chi connectivity index (χ3v) is 4.53. The van der Waals surface area contributed by atoms with E-state index in [0.717, 1.165) is 50.7 Å². The van der Waals surface area contributed by atoms with Gasteiger partial charge < -0.3 is 14.4 Å². The van der Waals surface area contributed by atoms with Gasteiger partial charge in [0, 0.05) is 31.7 Å². The molecule has 0 amide bonds. The van der Waals surface area contributed by atoms with Crippen molar-refractivity contribution in [1.29, 1.82) is 0 Å². The first-order valence-corrected chi connectivity index (χ1v) is 8.52. The number of hydrogen-bond donors (Lipinski definition) is 0. The van der Waals surface area contributed by atoms with E-state index in [-0.39, 0.29) is 5.82 Å². The van der Waals surface area contributed by atoms with Gasteiger partial charge >= 0.3 is 0 Å². The van der Waals surface area contributed by atoms with Gasteiger partial charge in [-0.2, -0.15) is 0 Å². The summed E-state index contributed by atoms with van der Waals surface area (Å²) in [6.07, 6.45) is 3.53. The minimum absolute atomic E-state index is 0.249. The Balaban J connectivity index is 1.71. The van der Waals surface area contributed by atoms with E-state index in [9.17, 15) is 4.39 Å². The molecule has 1 aliphatic heterocycles. The highest BCUT2D eigenvalue weighted by Crippen LogP contribution is 2.30. The number of aromatic nitrogens is 4. The van der Waals surface area contributed by atoms with Crippen molar-refractivity contribution in [3.05, 3.63) is 35.8 Å². The molecule has 0 N–H and O–H groups in total. The lowest BCUT2D eigenvalue weighted by Gasteiger charge is -2.32. The van der Waals surface area contributed by atoms with Gasteiger partial charge in [-0.15, -0.1) is 10.2 Å². The number of rotatable bonds is 5. The lowest BCUT2D eigenvalue weighted by Crippen LogP contribution is -2.35. The third kappa shape index (κ3) is 3.40. The number of piperidine rings is 1. The SMILES string of the molecule is CCn1c(CN(C)C)nnc1C1CCN(c2ncccc2F)CC1. The van der Waals surface area contributed by atoms with E-state index < -0.39 is 0 Å². The lowest BCUT2D eigenvalue weighted by molar-refractivity contribution is 0.377. The first-order valence-electron chi connectivity index (χ1n) is 8.52. The Morgan fingerprint density at radius 2 is 2.00 bits per heavy atom. The van der Waals surface area contributed by atoms with Crippen LogP contribution in [0.4, 0.5) is 10.2 Å². The molecule has 0 unspecified atom stereocenters. The Hall–Kier alpha value is -2.02. The molecular formula is C17H25FN6. The molecule has 1 fully saturated rings. The van der Waals surface area contributed by atoms with Crippen molar-refractivity contribution >= 4 is 5.82 Å². The van der Waals surface area contributed by atoms with Crippen LogP contribution in [0, 0.1) is 5.82 Å². The van der Waals surface area contributed by atoms with Gasteiger partial charge in [0.25, 0.3) is 0 Å². The monoisotopic (exact) mass is 332 g/mol. The maximum atomic E-state index is 13.9. The fraction of sp³-hybridized carbons (Fsp3) is 0.588. The van der Waals surface area contributed by atoms with Gasteiger partial charge in [-0.25, -0.2) is 9.37 Å². The van der Waals surface area contributed by atoms with Crippen LogP contribution in [0.3, 0.4) is 0 Å². The number of halogens is 1. The van der Waals surface area contributed by atoms with Crippen molar-refractivity contribution in [2.45, 2.75) is 38.8 Å². The van der Waals surface area contributed by atoms with Crippen molar-refractivity contribution in [3.8, 4) is 0 Å². The molecule has 3 heterocycles.